The first-order valence-electron chi connectivity index (χ1n) is 6.68. The average Bonchev–Trinajstić information content (AvgIpc) is 2.79. The molecule has 106 valence electrons. The van der Waals surface area contributed by atoms with Crippen LogP contribution in [0.3, 0.4) is 0 Å². The number of Topliss-reactive ketones (excluding diaryl/α,β-unsaturated/α-hetero) is 1. The van der Waals surface area contributed by atoms with Crippen molar-refractivity contribution in [1.82, 2.24) is 9.78 Å². The summed E-state index contributed by atoms with van der Waals surface area (Å²) in [5.41, 5.74) is 8.68. The van der Waals surface area contributed by atoms with E-state index in [1.165, 1.54) is 0 Å². The van der Waals surface area contributed by atoms with E-state index in [1.54, 1.807) is 18.2 Å². The fraction of sp³-hybridized carbons (Fsp3) is 0.333. The van der Waals surface area contributed by atoms with E-state index in [4.69, 9.17) is 17.3 Å². The van der Waals surface area contributed by atoms with Crippen LogP contribution in [0.25, 0.3) is 0 Å². The number of nitrogens with zero attached hydrogens (tertiary/aromatic N) is 2. The molecule has 0 atom stereocenters. The van der Waals surface area contributed by atoms with Crippen molar-refractivity contribution in [3.05, 3.63) is 46.2 Å². The quantitative estimate of drug-likeness (QED) is 0.680. The van der Waals surface area contributed by atoms with Gasteiger partial charge in [0.2, 0.25) is 0 Å². The number of ketones is 1. The van der Waals surface area contributed by atoms with Gasteiger partial charge in [-0.3, -0.25) is 9.48 Å². The zero-order valence-electron chi connectivity index (χ0n) is 11.7. The van der Waals surface area contributed by atoms with Crippen molar-refractivity contribution in [3.8, 4) is 0 Å². The number of halogens is 1. The first-order valence-corrected chi connectivity index (χ1v) is 7.06. The lowest BCUT2D eigenvalue weighted by atomic mass is 10.1. The summed E-state index contributed by atoms with van der Waals surface area (Å²) in [6.45, 7) is 4.81. The first kappa shape index (κ1) is 14.6. The number of nitrogens with two attached hydrogens (primary N) is 1. The van der Waals surface area contributed by atoms with Gasteiger partial charge >= 0.3 is 0 Å². The van der Waals surface area contributed by atoms with Crippen LogP contribution >= 0.6 is 11.6 Å². The maximum Gasteiger partial charge on any atom is 0.168 e. The van der Waals surface area contributed by atoms with Crippen LogP contribution in [0.4, 0.5) is 5.69 Å². The lowest BCUT2D eigenvalue weighted by molar-refractivity contribution is 0.0990. The molecule has 0 saturated heterocycles. The Hall–Kier alpha value is -1.81. The van der Waals surface area contributed by atoms with E-state index in [9.17, 15) is 4.79 Å². The second-order valence-corrected chi connectivity index (χ2v) is 5.11. The third-order valence-electron chi connectivity index (χ3n) is 3.16. The minimum atomic E-state index is -0.00328. The normalized spacial score (nSPS) is 10.8. The molecule has 1 aromatic carbocycles. The molecular formula is C15H18ClN3O. The Morgan fingerprint density at radius 3 is 2.65 bits per heavy atom. The highest BCUT2D eigenvalue weighted by atomic mass is 35.5. The predicted molar refractivity (Wildman–Crippen MR) is 81.2 cm³/mol. The molecule has 5 heteroatoms. The van der Waals surface area contributed by atoms with Gasteiger partial charge in [0.25, 0.3) is 0 Å². The van der Waals surface area contributed by atoms with Gasteiger partial charge in [-0.15, -0.1) is 0 Å². The standard InChI is InChI=1S/C15H18ClN3O/c1-3-13-8-14(19(4-2)18-13)9-15(20)10-5-11(16)7-12(17)6-10/h5-8H,3-4,9,17H2,1-2H3. The van der Waals surface area contributed by atoms with Gasteiger partial charge in [0.1, 0.15) is 0 Å². The Kier molecular flexibility index (Phi) is 4.45. The summed E-state index contributed by atoms with van der Waals surface area (Å²) in [5, 5.41) is 4.92. The van der Waals surface area contributed by atoms with Crippen LogP contribution in [0.1, 0.15) is 35.6 Å². The highest BCUT2D eigenvalue weighted by Crippen LogP contribution is 2.18. The van der Waals surface area contributed by atoms with Crippen LogP contribution < -0.4 is 5.73 Å². The van der Waals surface area contributed by atoms with E-state index >= 15 is 0 Å². The van der Waals surface area contributed by atoms with Crippen molar-refractivity contribution < 1.29 is 4.79 Å². The monoisotopic (exact) mass is 291 g/mol. The molecule has 0 unspecified atom stereocenters. The molecule has 0 fully saturated rings. The van der Waals surface area contributed by atoms with Crippen LogP contribution in [0, 0.1) is 0 Å². The molecule has 2 N–H and O–H groups in total. The molecule has 20 heavy (non-hydrogen) atoms. The molecule has 0 aliphatic rings. The SMILES string of the molecule is CCc1cc(CC(=O)c2cc(N)cc(Cl)c2)n(CC)n1. The molecule has 2 rings (SSSR count). The summed E-state index contributed by atoms with van der Waals surface area (Å²) >= 11 is 5.93. The van der Waals surface area contributed by atoms with E-state index in [1.807, 2.05) is 24.6 Å². The molecule has 1 heterocycles. The maximum absolute atomic E-state index is 12.3. The fourth-order valence-corrected chi connectivity index (χ4v) is 2.39. The van der Waals surface area contributed by atoms with Gasteiger partial charge in [-0.1, -0.05) is 18.5 Å². The van der Waals surface area contributed by atoms with Gasteiger partial charge in [0.15, 0.2) is 5.78 Å². The summed E-state index contributed by atoms with van der Waals surface area (Å²) in [5.74, 6) is -0.00328. The van der Waals surface area contributed by atoms with Gasteiger partial charge < -0.3 is 5.73 Å². The summed E-state index contributed by atoms with van der Waals surface area (Å²) in [7, 11) is 0. The summed E-state index contributed by atoms with van der Waals surface area (Å²) in [4.78, 5) is 12.3. The summed E-state index contributed by atoms with van der Waals surface area (Å²) < 4.78 is 1.87. The van der Waals surface area contributed by atoms with E-state index < -0.39 is 0 Å². The van der Waals surface area contributed by atoms with E-state index in [0.29, 0.717) is 22.7 Å². The Bertz CT molecular complexity index is 614. The summed E-state index contributed by atoms with van der Waals surface area (Å²) in [6, 6.07) is 6.91. The van der Waals surface area contributed by atoms with Crippen molar-refractivity contribution >= 4 is 23.1 Å². The number of hydrogen-bond acceptors (Lipinski definition) is 3. The Labute approximate surface area is 123 Å². The van der Waals surface area contributed by atoms with Gasteiger partial charge in [0, 0.05) is 28.5 Å². The van der Waals surface area contributed by atoms with Crippen molar-refractivity contribution in [2.45, 2.75) is 33.2 Å². The molecule has 4 nitrogen and oxygen atoms in total. The number of aromatic nitrogens is 2. The fourth-order valence-electron chi connectivity index (χ4n) is 2.14. The molecule has 0 aliphatic heterocycles. The number of carbonyl (C=O) groups excluding carboxylic acids is 1. The molecule has 1 aromatic heterocycles. The zero-order valence-corrected chi connectivity index (χ0v) is 12.4. The Morgan fingerprint density at radius 2 is 2.05 bits per heavy atom. The van der Waals surface area contributed by atoms with Crippen molar-refractivity contribution in [3.63, 3.8) is 0 Å². The van der Waals surface area contributed by atoms with Crippen molar-refractivity contribution in [2.24, 2.45) is 0 Å². The lowest BCUT2D eigenvalue weighted by Crippen LogP contribution is -2.10. The molecule has 0 amide bonds. The molecular weight excluding hydrogens is 274 g/mol. The molecule has 0 bridgehead atoms. The van der Waals surface area contributed by atoms with Crippen molar-refractivity contribution in [2.75, 3.05) is 5.73 Å². The van der Waals surface area contributed by atoms with Gasteiger partial charge in [-0.2, -0.15) is 5.10 Å². The maximum atomic E-state index is 12.3. The average molecular weight is 292 g/mol. The second kappa shape index (κ2) is 6.09. The number of anilines is 1. The molecule has 0 radical (unpaired) electrons. The third kappa shape index (κ3) is 3.20. The van der Waals surface area contributed by atoms with Crippen LogP contribution in [0.2, 0.25) is 5.02 Å². The number of hydrogen-bond donors (Lipinski definition) is 1. The molecule has 2 aromatic rings. The first-order chi connectivity index (χ1) is 9.53. The Balaban J connectivity index is 2.25. The van der Waals surface area contributed by atoms with Crippen LogP contribution in [-0.4, -0.2) is 15.6 Å². The largest absolute Gasteiger partial charge is 0.399 e. The number of nitrogen functional groups attached to an aromatic ring is 1. The second-order valence-electron chi connectivity index (χ2n) is 4.67. The lowest BCUT2D eigenvalue weighted by Gasteiger charge is -2.05. The van der Waals surface area contributed by atoms with Crippen LogP contribution in [-0.2, 0) is 19.4 Å². The van der Waals surface area contributed by atoms with Gasteiger partial charge in [-0.25, -0.2) is 0 Å². The van der Waals surface area contributed by atoms with E-state index in [2.05, 4.69) is 5.10 Å². The van der Waals surface area contributed by atoms with Crippen LogP contribution in [0.15, 0.2) is 24.3 Å². The smallest absolute Gasteiger partial charge is 0.168 e. The highest BCUT2D eigenvalue weighted by Gasteiger charge is 2.13. The zero-order chi connectivity index (χ0) is 14.7. The van der Waals surface area contributed by atoms with Crippen LogP contribution in [0.5, 0.6) is 0 Å². The number of aryl methyl sites for hydroxylation is 2. The predicted octanol–water partition coefficient (Wildman–Crippen LogP) is 3.13. The van der Waals surface area contributed by atoms with E-state index in [0.717, 1.165) is 24.4 Å². The van der Waals surface area contributed by atoms with E-state index in [-0.39, 0.29) is 5.78 Å². The topological polar surface area (TPSA) is 60.9 Å². The minimum absolute atomic E-state index is 0.00328. The number of benzene rings is 1. The third-order valence-corrected chi connectivity index (χ3v) is 3.38. The minimum Gasteiger partial charge on any atom is -0.399 e. The Morgan fingerprint density at radius 1 is 1.30 bits per heavy atom. The molecule has 0 aliphatic carbocycles. The van der Waals surface area contributed by atoms with Crippen molar-refractivity contribution in [1.29, 1.82) is 0 Å². The number of rotatable bonds is 5. The number of carbonyl (C=O) groups is 1. The van der Waals surface area contributed by atoms with Gasteiger partial charge in [0.05, 0.1) is 12.1 Å². The molecule has 0 spiro atoms. The highest BCUT2D eigenvalue weighted by molar-refractivity contribution is 6.31. The molecule has 0 saturated carbocycles. The summed E-state index contributed by atoms with van der Waals surface area (Å²) in [6.07, 6.45) is 1.17. The van der Waals surface area contributed by atoms with Gasteiger partial charge in [-0.05, 0) is 37.6 Å².